The highest BCUT2D eigenvalue weighted by Gasteiger charge is 2.24. The van der Waals surface area contributed by atoms with Gasteiger partial charge in [0, 0.05) is 10.4 Å². The predicted molar refractivity (Wildman–Crippen MR) is 75.0 cm³/mol. The van der Waals surface area contributed by atoms with Gasteiger partial charge in [-0.25, -0.2) is 0 Å². The summed E-state index contributed by atoms with van der Waals surface area (Å²) in [6.07, 6.45) is 3.70. The van der Waals surface area contributed by atoms with Crippen LogP contribution in [0.4, 0.5) is 0 Å². The molecule has 0 aliphatic carbocycles. The van der Waals surface area contributed by atoms with Crippen molar-refractivity contribution in [3.05, 3.63) is 35.0 Å². The number of rotatable bonds is 2. The van der Waals surface area contributed by atoms with E-state index in [4.69, 9.17) is 16.0 Å². The van der Waals surface area contributed by atoms with E-state index in [1.807, 2.05) is 18.2 Å². The lowest BCUT2D eigenvalue weighted by Crippen LogP contribution is -2.31. The van der Waals surface area contributed by atoms with E-state index < -0.39 is 0 Å². The van der Waals surface area contributed by atoms with Gasteiger partial charge in [0.25, 0.3) is 0 Å². The molecule has 2 nitrogen and oxygen atoms in total. The maximum Gasteiger partial charge on any atom is 0.134 e. The van der Waals surface area contributed by atoms with Crippen LogP contribution in [-0.4, -0.2) is 6.54 Å². The van der Waals surface area contributed by atoms with Crippen molar-refractivity contribution in [2.24, 2.45) is 5.92 Å². The smallest absolute Gasteiger partial charge is 0.134 e. The Hall–Kier alpha value is -0.990. The third-order valence-corrected chi connectivity index (χ3v) is 4.17. The van der Waals surface area contributed by atoms with Gasteiger partial charge in [0.15, 0.2) is 0 Å². The third-order valence-electron chi connectivity index (χ3n) is 3.93. The molecule has 1 fully saturated rings. The van der Waals surface area contributed by atoms with Gasteiger partial charge in [-0.3, -0.25) is 0 Å². The van der Waals surface area contributed by atoms with Gasteiger partial charge in [0.2, 0.25) is 0 Å². The predicted octanol–water partition coefficient (Wildman–Crippen LogP) is 4.54. The average molecular weight is 264 g/mol. The van der Waals surface area contributed by atoms with Gasteiger partial charge >= 0.3 is 0 Å². The highest BCUT2D eigenvalue weighted by Crippen LogP contribution is 2.33. The highest BCUT2D eigenvalue weighted by atomic mass is 35.5. The second kappa shape index (κ2) is 4.94. The van der Waals surface area contributed by atoms with Crippen molar-refractivity contribution in [2.45, 2.75) is 32.2 Å². The lowest BCUT2D eigenvalue weighted by Gasteiger charge is -2.28. The zero-order valence-corrected chi connectivity index (χ0v) is 11.3. The summed E-state index contributed by atoms with van der Waals surface area (Å²) in [4.78, 5) is 0. The minimum atomic E-state index is 0.356. The van der Waals surface area contributed by atoms with Gasteiger partial charge in [0.1, 0.15) is 11.3 Å². The number of halogens is 1. The molecule has 1 aromatic heterocycles. The van der Waals surface area contributed by atoms with Gasteiger partial charge < -0.3 is 9.73 Å². The summed E-state index contributed by atoms with van der Waals surface area (Å²) >= 11 is 6.00. The van der Waals surface area contributed by atoms with Crippen LogP contribution in [0.3, 0.4) is 0 Å². The average Bonchev–Trinajstić information content (AvgIpc) is 2.81. The summed E-state index contributed by atoms with van der Waals surface area (Å²) < 4.78 is 5.93. The molecule has 2 aromatic rings. The summed E-state index contributed by atoms with van der Waals surface area (Å²) in [5.41, 5.74) is 0.926. The van der Waals surface area contributed by atoms with Crippen molar-refractivity contribution < 1.29 is 4.42 Å². The van der Waals surface area contributed by atoms with Gasteiger partial charge in [-0.05, 0) is 49.6 Å². The fourth-order valence-corrected chi connectivity index (χ4v) is 2.97. The van der Waals surface area contributed by atoms with Crippen LogP contribution >= 0.6 is 11.6 Å². The maximum absolute atomic E-state index is 6.00. The van der Waals surface area contributed by atoms with Crippen LogP contribution in [0.5, 0.6) is 0 Å². The molecule has 0 spiro atoms. The standard InChI is InChI=1S/C15H18ClNO/c1-2-10-5-6-17-13(7-10)15-9-11-8-12(16)3-4-14(11)18-15/h3-4,8-10,13,17H,2,5-7H2,1H3. The molecule has 1 N–H and O–H groups in total. The molecule has 0 radical (unpaired) electrons. The molecule has 3 rings (SSSR count). The number of hydrogen-bond donors (Lipinski definition) is 1. The molecule has 1 aliphatic heterocycles. The van der Waals surface area contributed by atoms with E-state index in [1.165, 1.54) is 19.3 Å². The van der Waals surface area contributed by atoms with Crippen molar-refractivity contribution in [1.29, 1.82) is 0 Å². The SMILES string of the molecule is CCC1CCNC(c2cc3cc(Cl)ccc3o2)C1. The molecule has 1 aliphatic rings. The second-order valence-electron chi connectivity index (χ2n) is 5.14. The van der Waals surface area contributed by atoms with Gasteiger partial charge in [-0.15, -0.1) is 0 Å². The largest absolute Gasteiger partial charge is 0.459 e. The molecule has 0 saturated carbocycles. The van der Waals surface area contributed by atoms with E-state index in [0.29, 0.717) is 6.04 Å². The number of furan rings is 1. The number of benzene rings is 1. The summed E-state index contributed by atoms with van der Waals surface area (Å²) in [6, 6.07) is 8.26. The van der Waals surface area contributed by atoms with Crippen molar-refractivity contribution in [3.63, 3.8) is 0 Å². The lowest BCUT2D eigenvalue weighted by molar-refractivity contribution is 0.274. The van der Waals surface area contributed by atoms with Crippen LogP contribution in [0.2, 0.25) is 5.02 Å². The van der Waals surface area contributed by atoms with Crippen molar-refractivity contribution in [3.8, 4) is 0 Å². The van der Waals surface area contributed by atoms with E-state index in [9.17, 15) is 0 Å². The lowest BCUT2D eigenvalue weighted by atomic mass is 9.89. The normalized spacial score (nSPS) is 24.6. The summed E-state index contributed by atoms with van der Waals surface area (Å²) in [6.45, 7) is 3.35. The molecule has 3 heteroatoms. The molecule has 0 amide bonds. The fourth-order valence-electron chi connectivity index (χ4n) is 2.79. The molecule has 0 bridgehead atoms. The molecule has 2 heterocycles. The molecular formula is C15H18ClNO. The summed E-state index contributed by atoms with van der Waals surface area (Å²) in [7, 11) is 0. The number of fused-ring (bicyclic) bond motifs is 1. The Morgan fingerprint density at radius 2 is 2.28 bits per heavy atom. The van der Waals surface area contributed by atoms with Crippen LogP contribution < -0.4 is 5.32 Å². The first-order valence-electron chi connectivity index (χ1n) is 6.68. The molecule has 1 saturated heterocycles. The summed E-state index contributed by atoms with van der Waals surface area (Å²) in [5, 5.41) is 5.41. The number of hydrogen-bond acceptors (Lipinski definition) is 2. The Morgan fingerprint density at radius 1 is 1.39 bits per heavy atom. The molecule has 96 valence electrons. The second-order valence-corrected chi connectivity index (χ2v) is 5.57. The van der Waals surface area contributed by atoms with E-state index in [-0.39, 0.29) is 0 Å². The Balaban J connectivity index is 1.89. The Labute approximate surface area is 112 Å². The third kappa shape index (κ3) is 2.27. The van der Waals surface area contributed by atoms with Crippen LogP contribution in [0.15, 0.2) is 28.7 Å². The van der Waals surface area contributed by atoms with Crippen molar-refractivity contribution >= 4 is 22.6 Å². The number of piperidine rings is 1. The van der Waals surface area contributed by atoms with E-state index >= 15 is 0 Å². The zero-order chi connectivity index (χ0) is 12.5. The van der Waals surface area contributed by atoms with Gasteiger partial charge in [0.05, 0.1) is 6.04 Å². The van der Waals surface area contributed by atoms with E-state index in [2.05, 4.69) is 18.3 Å². The number of nitrogens with one attached hydrogen (secondary N) is 1. The topological polar surface area (TPSA) is 25.2 Å². The minimum Gasteiger partial charge on any atom is -0.459 e. The highest BCUT2D eigenvalue weighted by molar-refractivity contribution is 6.31. The van der Waals surface area contributed by atoms with Crippen LogP contribution in [0.25, 0.3) is 11.0 Å². The van der Waals surface area contributed by atoms with Crippen LogP contribution in [0.1, 0.15) is 38.0 Å². The fraction of sp³-hybridized carbons (Fsp3) is 0.467. The molecule has 2 unspecified atom stereocenters. The van der Waals surface area contributed by atoms with Crippen molar-refractivity contribution in [1.82, 2.24) is 5.32 Å². The monoisotopic (exact) mass is 263 g/mol. The molecule has 1 aromatic carbocycles. The Morgan fingerprint density at radius 3 is 3.11 bits per heavy atom. The van der Waals surface area contributed by atoms with E-state index in [1.54, 1.807) is 0 Å². The molecular weight excluding hydrogens is 246 g/mol. The molecule has 2 atom stereocenters. The van der Waals surface area contributed by atoms with Crippen LogP contribution in [-0.2, 0) is 0 Å². The quantitative estimate of drug-likeness (QED) is 0.861. The van der Waals surface area contributed by atoms with Crippen molar-refractivity contribution in [2.75, 3.05) is 6.54 Å². The first-order valence-corrected chi connectivity index (χ1v) is 7.06. The Bertz CT molecular complexity index is 548. The minimum absolute atomic E-state index is 0.356. The first kappa shape index (κ1) is 12.1. The molecule has 18 heavy (non-hydrogen) atoms. The zero-order valence-electron chi connectivity index (χ0n) is 10.6. The maximum atomic E-state index is 6.00. The Kier molecular flexibility index (Phi) is 3.31. The van der Waals surface area contributed by atoms with Crippen LogP contribution in [0, 0.1) is 5.92 Å². The van der Waals surface area contributed by atoms with E-state index in [0.717, 1.165) is 34.2 Å². The summed E-state index contributed by atoms with van der Waals surface area (Å²) in [5.74, 6) is 1.86. The van der Waals surface area contributed by atoms with Gasteiger partial charge in [-0.2, -0.15) is 0 Å². The van der Waals surface area contributed by atoms with Gasteiger partial charge in [-0.1, -0.05) is 24.9 Å². The first-order chi connectivity index (χ1) is 8.76.